The van der Waals surface area contributed by atoms with E-state index in [0.29, 0.717) is 5.56 Å². The maximum atomic E-state index is 12.1. The van der Waals surface area contributed by atoms with Crippen LogP contribution in [0.25, 0.3) is 6.08 Å². The summed E-state index contributed by atoms with van der Waals surface area (Å²) in [6.07, 6.45) is 5.25. The minimum Gasteiger partial charge on any atom is -0.508 e. The molecule has 1 atom stereocenters. The van der Waals surface area contributed by atoms with Crippen LogP contribution >= 0.6 is 0 Å². The third-order valence-electron chi connectivity index (χ3n) is 3.59. The molecule has 3 heteroatoms. The molecule has 1 heterocycles. The number of aromatic hydroxyl groups is 1. The summed E-state index contributed by atoms with van der Waals surface area (Å²) in [5.74, 6) is 0.901. The van der Waals surface area contributed by atoms with Crippen molar-refractivity contribution in [3.05, 3.63) is 77.4 Å². The number of ether oxygens (including phenoxy) is 1. The van der Waals surface area contributed by atoms with Crippen LogP contribution in [-0.4, -0.2) is 17.0 Å². The molecule has 110 valence electrons. The average molecular weight is 292 g/mol. The molecule has 0 saturated heterocycles. The Morgan fingerprint density at radius 3 is 2.64 bits per heavy atom. The number of carbonyl (C=O) groups excluding carboxylic acids is 1. The van der Waals surface area contributed by atoms with Crippen LogP contribution in [0.15, 0.2) is 66.3 Å². The highest BCUT2D eigenvalue weighted by Gasteiger charge is 2.16. The average Bonchev–Trinajstić information content (AvgIpc) is 2.53. The maximum absolute atomic E-state index is 12.1. The van der Waals surface area contributed by atoms with Gasteiger partial charge in [0.05, 0.1) is 0 Å². The van der Waals surface area contributed by atoms with Gasteiger partial charge in [0, 0.05) is 11.1 Å². The molecule has 0 fully saturated rings. The van der Waals surface area contributed by atoms with E-state index >= 15 is 0 Å². The van der Waals surface area contributed by atoms with Crippen LogP contribution in [0.4, 0.5) is 0 Å². The summed E-state index contributed by atoms with van der Waals surface area (Å²) in [6.45, 7) is 1.96. The number of allylic oxidation sites excluding steroid dienone is 1. The molecular weight excluding hydrogens is 276 g/mol. The molecule has 0 radical (unpaired) electrons. The molecule has 0 aliphatic carbocycles. The van der Waals surface area contributed by atoms with Gasteiger partial charge in [-0.2, -0.15) is 0 Å². The van der Waals surface area contributed by atoms with Crippen molar-refractivity contribution in [1.82, 2.24) is 0 Å². The van der Waals surface area contributed by atoms with Crippen LogP contribution in [0.2, 0.25) is 0 Å². The molecule has 0 amide bonds. The quantitative estimate of drug-likeness (QED) is 0.687. The second kappa shape index (κ2) is 5.90. The van der Waals surface area contributed by atoms with Crippen molar-refractivity contribution in [2.75, 3.05) is 0 Å². The smallest absolute Gasteiger partial charge is 0.185 e. The van der Waals surface area contributed by atoms with E-state index in [1.165, 1.54) is 18.2 Å². The number of carbonyl (C=O) groups is 1. The lowest BCUT2D eigenvalue weighted by molar-refractivity contribution is 0.104. The van der Waals surface area contributed by atoms with Crippen LogP contribution in [-0.2, 0) is 0 Å². The predicted molar refractivity (Wildman–Crippen MR) is 86.1 cm³/mol. The number of benzene rings is 2. The molecule has 2 aromatic carbocycles. The van der Waals surface area contributed by atoms with Crippen LogP contribution < -0.4 is 4.74 Å². The molecule has 22 heavy (non-hydrogen) atoms. The van der Waals surface area contributed by atoms with Crippen molar-refractivity contribution in [3.63, 3.8) is 0 Å². The summed E-state index contributed by atoms with van der Waals surface area (Å²) < 4.78 is 5.83. The van der Waals surface area contributed by atoms with Crippen molar-refractivity contribution in [2.24, 2.45) is 0 Å². The Morgan fingerprint density at radius 2 is 1.86 bits per heavy atom. The minimum absolute atomic E-state index is 0.0984. The van der Waals surface area contributed by atoms with Gasteiger partial charge in [-0.15, -0.1) is 0 Å². The van der Waals surface area contributed by atoms with E-state index in [1.807, 2.05) is 37.3 Å². The molecule has 1 aliphatic rings. The first kappa shape index (κ1) is 14.1. The number of ketones is 1. The standard InChI is InChI=1S/C19H16O3/c1-13-15(12-16-4-2-3-5-19(16)22-13)8-11-18(21)14-6-9-17(20)10-7-14/h2-13,20H,1H3/b11-8+/t13-/m1/s1. The number of hydrogen-bond donors (Lipinski definition) is 1. The van der Waals surface area contributed by atoms with Crippen LogP contribution in [0.3, 0.4) is 0 Å². The first-order valence-electron chi connectivity index (χ1n) is 7.12. The number of phenols is 1. The van der Waals surface area contributed by atoms with Gasteiger partial charge in [0.1, 0.15) is 17.6 Å². The molecule has 0 unspecified atom stereocenters. The third kappa shape index (κ3) is 2.93. The second-order valence-corrected chi connectivity index (χ2v) is 5.19. The predicted octanol–water partition coefficient (Wildman–Crippen LogP) is 4.00. The molecule has 0 bridgehead atoms. The number of para-hydroxylation sites is 1. The van der Waals surface area contributed by atoms with Crippen LogP contribution in [0.5, 0.6) is 11.5 Å². The van der Waals surface area contributed by atoms with Gasteiger partial charge >= 0.3 is 0 Å². The van der Waals surface area contributed by atoms with Gasteiger partial charge in [-0.1, -0.05) is 24.3 Å². The van der Waals surface area contributed by atoms with Crippen molar-refractivity contribution in [2.45, 2.75) is 13.0 Å². The molecule has 0 saturated carbocycles. The summed E-state index contributed by atoms with van der Waals surface area (Å²) in [5.41, 5.74) is 2.50. The SMILES string of the molecule is C[C@H]1Oc2ccccc2C=C1/C=C/C(=O)c1ccc(O)cc1. The lowest BCUT2D eigenvalue weighted by atomic mass is 10.0. The highest BCUT2D eigenvalue weighted by Crippen LogP contribution is 2.29. The fourth-order valence-electron chi connectivity index (χ4n) is 2.34. The summed E-state index contributed by atoms with van der Waals surface area (Å²) in [6, 6.07) is 14.0. The van der Waals surface area contributed by atoms with Crippen LogP contribution in [0.1, 0.15) is 22.8 Å². The lowest BCUT2D eigenvalue weighted by Crippen LogP contribution is -2.17. The van der Waals surface area contributed by atoms with Gasteiger partial charge in [0.15, 0.2) is 5.78 Å². The topological polar surface area (TPSA) is 46.5 Å². The lowest BCUT2D eigenvalue weighted by Gasteiger charge is -2.22. The van der Waals surface area contributed by atoms with E-state index < -0.39 is 0 Å². The van der Waals surface area contributed by atoms with Crippen molar-refractivity contribution >= 4 is 11.9 Å². The van der Waals surface area contributed by atoms with E-state index in [1.54, 1.807) is 18.2 Å². The highest BCUT2D eigenvalue weighted by molar-refractivity contribution is 6.04. The molecule has 1 N–H and O–H groups in total. The van der Waals surface area contributed by atoms with E-state index in [2.05, 4.69) is 0 Å². The van der Waals surface area contributed by atoms with E-state index in [0.717, 1.165) is 16.9 Å². The van der Waals surface area contributed by atoms with E-state index in [4.69, 9.17) is 4.74 Å². The highest BCUT2D eigenvalue weighted by atomic mass is 16.5. The molecule has 0 aromatic heterocycles. The fraction of sp³-hybridized carbons (Fsp3) is 0.105. The Balaban J connectivity index is 1.82. The Kier molecular flexibility index (Phi) is 3.79. The number of phenolic OH excluding ortho intramolecular Hbond substituents is 1. The fourth-order valence-corrected chi connectivity index (χ4v) is 2.34. The van der Waals surface area contributed by atoms with E-state index in [9.17, 15) is 9.90 Å². The van der Waals surface area contributed by atoms with Crippen molar-refractivity contribution in [1.29, 1.82) is 0 Å². The monoisotopic (exact) mass is 292 g/mol. The molecule has 0 spiro atoms. The van der Waals surface area contributed by atoms with Gasteiger partial charge in [0.2, 0.25) is 0 Å². The van der Waals surface area contributed by atoms with Crippen molar-refractivity contribution < 1.29 is 14.6 Å². The van der Waals surface area contributed by atoms with Gasteiger partial charge in [-0.3, -0.25) is 4.79 Å². The Morgan fingerprint density at radius 1 is 1.14 bits per heavy atom. The summed E-state index contributed by atoms with van der Waals surface area (Å²) >= 11 is 0. The summed E-state index contributed by atoms with van der Waals surface area (Å²) in [7, 11) is 0. The summed E-state index contributed by atoms with van der Waals surface area (Å²) in [4.78, 5) is 12.1. The zero-order valence-electron chi connectivity index (χ0n) is 12.2. The molecule has 2 aromatic rings. The Bertz CT molecular complexity index is 755. The first-order chi connectivity index (χ1) is 10.6. The maximum Gasteiger partial charge on any atom is 0.185 e. The molecular formula is C19H16O3. The zero-order chi connectivity index (χ0) is 15.5. The second-order valence-electron chi connectivity index (χ2n) is 5.19. The van der Waals surface area contributed by atoms with Crippen LogP contribution in [0, 0.1) is 0 Å². The van der Waals surface area contributed by atoms with Gasteiger partial charge in [-0.25, -0.2) is 0 Å². The normalized spacial score (nSPS) is 16.8. The zero-order valence-corrected chi connectivity index (χ0v) is 12.2. The van der Waals surface area contributed by atoms with Gasteiger partial charge in [0.25, 0.3) is 0 Å². The molecule has 1 aliphatic heterocycles. The number of hydrogen-bond acceptors (Lipinski definition) is 3. The number of rotatable bonds is 3. The molecule has 3 rings (SSSR count). The minimum atomic E-state index is -0.105. The summed E-state index contributed by atoms with van der Waals surface area (Å²) in [5, 5.41) is 9.24. The van der Waals surface area contributed by atoms with Gasteiger partial charge < -0.3 is 9.84 Å². The Hall–Kier alpha value is -2.81. The number of fused-ring (bicyclic) bond motifs is 1. The van der Waals surface area contributed by atoms with Crippen molar-refractivity contribution in [3.8, 4) is 11.5 Å². The molecule has 3 nitrogen and oxygen atoms in total. The largest absolute Gasteiger partial charge is 0.508 e. The Labute approximate surface area is 129 Å². The van der Waals surface area contributed by atoms with Gasteiger partial charge in [-0.05, 0) is 55.0 Å². The third-order valence-corrected chi connectivity index (χ3v) is 3.59. The van der Waals surface area contributed by atoms with E-state index in [-0.39, 0.29) is 17.6 Å². The first-order valence-corrected chi connectivity index (χ1v) is 7.12.